The molecule has 2 N–H and O–H groups in total. The summed E-state index contributed by atoms with van der Waals surface area (Å²) >= 11 is 0. The van der Waals surface area contributed by atoms with Gasteiger partial charge in [0.1, 0.15) is 23.4 Å². The third-order valence-corrected chi connectivity index (χ3v) is 10.7. The number of aliphatic hydroxyl groups is 2. The summed E-state index contributed by atoms with van der Waals surface area (Å²) in [5, 5.41) is 27.0. The molecule has 0 spiro atoms. The summed E-state index contributed by atoms with van der Waals surface area (Å²) in [6.45, 7) is 29.9. The van der Waals surface area contributed by atoms with Crippen LogP contribution < -0.4 is 0 Å². The summed E-state index contributed by atoms with van der Waals surface area (Å²) in [7, 11) is 0. The number of ether oxygens (including phenoxy) is 2. The van der Waals surface area contributed by atoms with E-state index in [1.165, 1.54) is 0 Å². The van der Waals surface area contributed by atoms with E-state index in [0.717, 1.165) is 22.3 Å². The lowest BCUT2D eigenvalue weighted by molar-refractivity contribution is -0.172. The highest BCUT2D eigenvalue weighted by Crippen LogP contribution is 2.51. The highest BCUT2D eigenvalue weighted by molar-refractivity contribution is 5.47. The van der Waals surface area contributed by atoms with Gasteiger partial charge in [0, 0.05) is 0 Å². The van der Waals surface area contributed by atoms with Crippen LogP contribution in [0.3, 0.4) is 0 Å². The van der Waals surface area contributed by atoms with Crippen molar-refractivity contribution in [1.82, 2.24) is 0 Å². The second-order valence-corrected chi connectivity index (χ2v) is 19.3. The van der Waals surface area contributed by atoms with Crippen molar-refractivity contribution in [3.63, 3.8) is 0 Å². The van der Waals surface area contributed by atoms with Gasteiger partial charge in [0.2, 0.25) is 0 Å². The van der Waals surface area contributed by atoms with E-state index < -0.39 is 29.2 Å². The average Bonchev–Trinajstić information content (AvgIpc) is 3.38. The van der Waals surface area contributed by atoms with Gasteiger partial charge in [-0.2, -0.15) is 0 Å². The monoisotopic (exact) mass is 690 g/mol. The molecular formula is C47H62O4. The third kappa shape index (κ3) is 7.62. The van der Waals surface area contributed by atoms with Crippen LogP contribution in [0, 0.1) is 0 Å². The van der Waals surface area contributed by atoms with Gasteiger partial charge >= 0.3 is 0 Å². The van der Waals surface area contributed by atoms with Crippen molar-refractivity contribution in [3.8, 4) is 0 Å². The SMILES string of the molecule is CC1(C)OC(C(O)(c2ccc(C(C)(C)C)cc2)c2ccc(C(C)(C)C)cc2)C(C(O)(c2ccc(C(C)(C)C)cc2)c2ccc(C(C)(C)C)cc2)O1. The van der Waals surface area contributed by atoms with E-state index in [0.29, 0.717) is 22.3 Å². The summed E-state index contributed by atoms with van der Waals surface area (Å²) in [4.78, 5) is 0. The molecule has 4 nitrogen and oxygen atoms in total. The van der Waals surface area contributed by atoms with Crippen molar-refractivity contribution in [2.45, 2.75) is 148 Å². The molecule has 5 rings (SSSR count). The Hall–Kier alpha value is -3.28. The van der Waals surface area contributed by atoms with Gasteiger partial charge in [-0.05, 0) is 80.0 Å². The Kier molecular flexibility index (Phi) is 9.92. The normalized spacial score (nSPS) is 19.0. The van der Waals surface area contributed by atoms with Crippen molar-refractivity contribution >= 4 is 0 Å². The quantitative estimate of drug-likeness (QED) is 0.211. The van der Waals surface area contributed by atoms with E-state index in [4.69, 9.17) is 9.47 Å². The van der Waals surface area contributed by atoms with E-state index in [1.54, 1.807) is 0 Å². The van der Waals surface area contributed by atoms with Gasteiger partial charge in [-0.3, -0.25) is 0 Å². The number of rotatable bonds is 6. The van der Waals surface area contributed by atoms with Gasteiger partial charge in [-0.1, -0.05) is 180 Å². The molecule has 4 aromatic rings. The Morgan fingerprint density at radius 2 is 0.510 bits per heavy atom. The van der Waals surface area contributed by atoms with Crippen LogP contribution >= 0.6 is 0 Å². The van der Waals surface area contributed by atoms with E-state index in [-0.39, 0.29) is 21.7 Å². The van der Waals surface area contributed by atoms with Crippen molar-refractivity contribution in [2.24, 2.45) is 0 Å². The smallest absolute Gasteiger partial charge is 0.164 e. The minimum absolute atomic E-state index is 0.0683. The Morgan fingerprint density at radius 1 is 0.353 bits per heavy atom. The van der Waals surface area contributed by atoms with Crippen LogP contribution in [0.2, 0.25) is 0 Å². The Labute approximate surface area is 308 Å². The van der Waals surface area contributed by atoms with E-state index in [1.807, 2.05) is 62.4 Å². The first-order chi connectivity index (χ1) is 23.3. The fourth-order valence-corrected chi connectivity index (χ4v) is 7.26. The first-order valence-corrected chi connectivity index (χ1v) is 18.5. The molecule has 1 aliphatic rings. The molecule has 274 valence electrons. The van der Waals surface area contributed by atoms with Gasteiger partial charge in [0.25, 0.3) is 0 Å². The number of benzene rings is 4. The molecule has 0 radical (unpaired) electrons. The molecule has 0 aliphatic carbocycles. The highest BCUT2D eigenvalue weighted by atomic mass is 16.8. The van der Waals surface area contributed by atoms with Crippen molar-refractivity contribution in [1.29, 1.82) is 0 Å². The molecule has 0 aromatic heterocycles. The van der Waals surface area contributed by atoms with E-state index in [9.17, 15) is 10.2 Å². The molecule has 0 amide bonds. The molecule has 0 bridgehead atoms. The topological polar surface area (TPSA) is 58.9 Å². The molecule has 2 unspecified atom stereocenters. The van der Waals surface area contributed by atoms with Crippen LogP contribution in [0.4, 0.5) is 0 Å². The first-order valence-electron chi connectivity index (χ1n) is 18.5. The molecule has 4 aromatic carbocycles. The van der Waals surface area contributed by atoms with Crippen LogP contribution in [-0.2, 0) is 42.3 Å². The minimum Gasteiger partial charge on any atom is -0.378 e. The zero-order valence-electron chi connectivity index (χ0n) is 33.6. The molecule has 1 fully saturated rings. The highest BCUT2D eigenvalue weighted by Gasteiger charge is 2.61. The van der Waals surface area contributed by atoms with Gasteiger partial charge in [0.05, 0.1) is 0 Å². The molecule has 1 saturated heterocycles. The van der Waals surface area contributed by atoms with Crippen LogP contribution in [0.15, 0.2) is 97.1 Å². The Balaban J connectivity index is 1.78. The molecule has 2 atom stereocenters. The summed E-state index contributed by atoms with van der Waals surface area (Å²) in [6.07, 6.45) is -2.02. The fourth-order valence-electron chi connectivity index (χ4n) is 7.26. The van der Waals surface area contributed by atoms with Crippen LogP contribution in [0.25, 0.3) is 0 Å². The van der Waals surface area contributed by atoms with Crippen molar-refractivity contribution in [3.05, 3.63) is 142 Å². The maximum atomic E-state index is 13.5. The van der Waals surface area contributed by atoms with Gasteiger partial charge in [0.15, 0.2) is 5.79 Å². The maximum Gasteiger partial charge on any atom is 0.164 e. The minimum atomic E-state index is -1.70. The summed E-state index contributed by atoms with van der Waals surface area (Å²) in [6, 6.07) is 32.7. The lowest BCUT2D eigenvalue weighted by atomic mass is 9.70. The molecule has 1 aliphatic heterocycles. The van der Waals surface area contributed by atoms with Crippen molar-refractivity contribution in [2.75, 3.05) is 0 Å². The zero-order valence-corrected chi connectivity index (χ0v) is 33.6. The van der Waals surface area contributed by atoms with Gasteiger partial charge in [-0.15, -0.1) is 0 Å². The number of hydrogen-bond donors (Lipinski definition) is 2. The van der Waals surface area contributed by atoms with Gasteiger partial charge in [-0.25, -0.2) is 0 Å². The Morgan fingerprint density at radius 3 is 0.667 bits per heavy atom. The first kappa shape index (κ1) is 38.9. The lowest BCUT2D eigenvalue weighted by Crippen LogP contribution is -2.55. The predicted octanol–water partition coefficient (Wildman–Crippen LogP) is 10.6. The molecule has 0 saturated carbocycles. The van der Waals surface area contributed by atoms with E-state index in [2.05, 4.69) is 132 Å². The largest absolute Gasteiger partial charge is 0.378 e. The summed E-state index contributed by atoms with van der Waals surface area (Å²) in [5.41, 5.74) is 3.65. The molecule has 51 heavy (non-hydrogen) atoms. The van der Waals surface area contributed by atoms with Gasteiger partial charge < -0.3 is 19.7 Å². The van der Waals surface area contributed by atoms with Crippen LogP contribution in [0.5, 0.6) is 0 Å². The maximum absolute atomic E-state index is 13.5. The standard InChI is InChI=1S/C47H62O4/c1-41(2,3)31-15-23-35(24-16-31)46(48,36-25-17-32(18-26-36)42(4,5)6)39-40(51-45(13,14)50-39)47(49,37-27-19-33(20-28-37)43(7,8)9)38-29-21-34(22-30-38)44(10,11)12/h15-30,39-40,48-49H,1-14H3. The number of hydrogen-bond acceptors (Lipinski definition) is 4. The summed E-state index contributed by atoms with van der Waals surface area (Å²) in [5.74, 6) is -1.12. The van der Waals surface area contributed by atoms with Crippen LogP contribution in [0.1, 0.15) is 141 Å². The Bertz CT molecular complexity index is 1540. The second kappa shape index (κ2) is 13.0. The molecule has 4 heteroatoms. The van der Waals surface area contributed by atoms with E-state index >= 15 is 0 Å². The third-order valence-electron chi connectivity index (χ3n) is 10.7. The average molecular weight is 691 g/mol. The van der Waals surface area contributed by atoms with Crippen molar-refractivity contribution < 1.29 is 19.7 Å². The second-order valence-electron chi connectivity index (χ2n) is 19.3. The van der Waals surface area contributed by atoms with Crippen LogP contribution in [-0.4, -0.2) is 28.2 Å². The summed E-state index contributed by atoms with van der Waals surface area (Å²) < 4.78 is 13.7. The predicted molar refractivity (Wildman–Crippen MR) is 210 cm³/mol. The molecule has 1 heterocycles. The lowest BCUT2D eigenvalue weighted by Gasteiger charge is -2.43. The fraction of sp³-hybridized carbons (Fsp3) is 0.489. The molecular weight excluding hydrogens is 629 g/mol. The zero-order chi connectivity index (χ0) is 38.0.